The first-order chi connectivity index (χ1) is 11.8. The average Bonchev–Trinajstić information content (AvgIpc) is 2.68. The van der Waals surface area contributed by atoms with Crippen LogP contribution in [0.3, 0.4) is 0 Å². The topological polar surface area (TPSA) is 3.24 Å². The van der Waals surface area contributed by atoms with E-state index >= 15 is 0 Å². The maximum absolute atomic E-state index is 2.37. The highest BCUT2D eigenvalue weighted by atomic mass is 127. The molecular formula is C22H16IN. The Kier molecular flexibility index (Phi) is 4.22. The lowest BCUT2D eigenvalue weighted by atomic mass is 10.1. The molecule has 0 saturated carbocycles. The molecule has 0 amide bonds. The Morgan fingerprint density at radius 2 is 1.08 bits per heavy atom. The van der Waals surface area contributed by atoms with Crippen molar-refractivity contribution in [3.8, 4) is 11.1 Å². The Labute approximate surface area is 156 Å². The van der Waals surface area contributed by atoms with E-state index in [9.17, 15) is 0 Å². The second-order valence-electron chi connectivity index (χ2n) is 5.73. The molecule has 0 aliphatic carbocycles. The summed E-state index contributed by atoms with van der Waals surface area (Å²) >= 11 is 2.37. The van der Waals surface area contributed by atoms with Crippen LogP contribution in [0.4, 0.5) is 11.4 Å². The highest BCUT2D eigenvalue weighted by Crippen LogP contribution is 2.33. The summed E-state index contributed by atoms with van der Waals surface area (Å²) in [5, 5.41) is 2.53. The van der Waals surface area contributed by atoms with E-state index in [1.54, 1.807) is 0 Å². The molecule has 0 saturated heterocycles. The number of fused-ring (bicyclic) bond motifs is 1. The van der Waals surface area contributed by atoms with Crippen LogP contribution in [0.15, 0.2) is 97.1 Å². The van der Waals surface area contributed by atoms with Gasteiger partial charge < -0.3 is 0 Å². The van der Waals surface area contributed by atoms with E-state index in [4.69, 9.17) is 0 Å². The number of hydrogen-bond acceptors (Lipinski definition) is 1. The van der Waals surface area contributed by atoms with Crippen molar-refractivity contribution in [1.29, 1.82) is 0 Å². The first-order valence-corrected chi connectivity index (χ1v) is 8.88. The van der Waals surface area contributed by atoms with Gasteiger partial charge in [-0.3, -0.25) is 3.11 Å². The van der Waals surface area contributed by atoms with Crippen molar-refractivity contribution in [3.63, 3.8) is 0 Å². The van der Waals surface area contributed by atoms with E-state index in [0.717, 1.165) is 0 Å². The van der Waals surface area contributed by atoms with Gasteiger partial charge in [-0.2, -0.15) is 0 Å². The molecule has 4 aromatic rings. The largest absolute Gasteiger partial charge is 0.283 e. The van der Waals surface area contributed by atoms with Gasteiger partial charge in [0, 0.05) is 0 Å². The molecule has 0 heterocycles. The zero-order chi connectivity index (χ0) is 16.4. The first kappa shape index (κ1) is 15.2. The zero-order valence-corrected chi connectivity index (χ0v) is 15.2. The van der Waals surface area contributed by atoms with Crippen molar-refractivity contribution in [2.24, 2.45) is 0 Å². The maximum atomic E-state index is 2.37. The van der Waals surface area contributed by atoms with Gasteiger partial charge in [0.15, 0.2) is 0 Å². The summed E-state index contributed by atoms with van der Waals surface area (Å²) in [5.74, 6) is 0. The molecule has 24 heavy (non-hydrogen) atoms. The van der Waals surface area contributed by atoms with E-state index in [2.05, 4.69) is 117 Å². The van der Waals surface area contributed by atoms with Gasteiger partial charge in [0.25, 0.3) is 0 Å². The van der Waals surface area contributed by atoms with Crippen LogP contribution in [-0.2, 0) is 0 Å². The predicted molar refractivity (Wildman–Crippen MR) is 112 cm³/mol. The Hall–Kier alpha value is -2.33. The first-order valence-electron chi connectivity index (χ1n) is 7.91. The van der Waals surface area contributed by atoms with Crippen LogP contribution in [0.2, 0.25) is 0 Å². The van der Waals surface area contributed by atoms with E-state index in [1.165, 1.54) is 33.3 Å². The van der Waals surface area contributed by atoms with Crippen molar-refractivity contribution >= 4 is 45.0 Å². The van der Waals surface area contributed by atoms with E-state index in [-0.39, 0.29) is 0 Å². The average molecular weight is 421 g/mol. The van der Waals surface area contributed by atoms with Crippen molar-refractivity contribution < 1.29 is 0 Å². The molecular weight excluding hydrogens is 405 g/mol. The highest BCUT2D eigenvalue weighted by Gasteiger charge is 2.07. The third-order valence-corrected chi connectivity index (χ3v) is 5.27. The lowest BCUT2D eigenvalue weighted by molar-refractivity contribution is 1.48. The van der Waals surface area contributed by atoms with Gasteiger partial charge in [-0.25, -0.2) is 0 Å². The molecule has 0 N–H and O–H groups in total. The lowest BCUT2D eigenvalue weighted by Crippen LogP contribution is -2.00. The summed E-state index contributed by atoms with van der Waals surface area (Å²) in [5.41, 5.74) is 4.84. The van der Waals surface area contributed by atoms with Gasteiger partial charge in [0.2, 0.25) is 0 Å². The van der Waals surface area contributed by atoms with Gasteiger partial charge in [-0.15, -0.1) is 0 Å². The molecule has 4 rings (SSSR count). The van der Waals surface area contributed by atoms with Gasteiger partial charge >= 0.3 is 0 Å². The van der Waals surface area contributed by atoms with Crippen LogP contribution >= 0.6 is 22.9 Å². The minimum absolute atomic E-state index is 1.17. The number of benzene rings is 4. The standard InChI is InChI=1S/C22H16IN/c23-24(22-15-12-18-8-4-5-9-20(18)16-22)21-13-10-19(11-14-21)17-6-2-1-3-7-17/h1-16H. The summed E-state index contributed by atoms with van der Waals surface area (Å²) in [6, 6.07) is 34.2. The van der Waals surface area contributed by atoms with Gasteiger partial charge in [-0.05, 0) is 46.2 Å². The quantitative estimate of drug-likeness (QED) is 0.254. The van der Waals surface area contributed by atoms with E-state index in [0.29, 0.717) is 0 Å². The smallest absolute Gasteiger partial charge is 0.0646 e. The second-order valence-corrected chi connectivity index (χ2v) is 6.69. The summed E-state index contributed by atoms with van der Waals surface area (Å²) < 4.78 is 2.19. The molecule has 2 heteroatoms. The van der Waals surface area contributed by atoms with Gasteiger partial charge in [0.1, 0.15) is 0 Å². The fourth-order valence-electron chi connectivity index (χ4n) is 2.86. The van der Waals surface area contributed by atoms with Crippen LogP contribution in [-0.4, -0.2) is 0 Å². The van der Waals surface area contributed by atoms with Crippen LogP contribution in [0.1, 0.15) is 0 Å². The molecule has 0 spiro atoms. The van der Waals surface area contributed by atoms with Crippen molar-refractivity contribution in [3.05, 3.63) is 97.1 Å². The zero-order valence-electron chi connectivity index (χ0n) is 13.1. The SMILES string of the molecule is IN(c1ccc(-c2ccccc2)cc1)c1ccc2ccccc2c1. The number of rotatable bonds is 3. The molecule has 0 fully saturated rings. The second kappa shape index (κ2) is 6.65. The Morgan fingerprint density at radius 3 is 1.83 bits per heavy atom. The molecule has 0 aromatic heterocycles. The van der Waals surface area contributed by atoms with Crippen molar-refractivity contribution in [2.75, 3.05) is 3.11 Å². The maximum Gasteiger partial charge on any atom is 0.0646 e. The molecule has 0 bridgehead atoms. The summed E-state index contributed by atoms with van der Waals surface area (Å²) in [4.78, 5) is 0. The Morgan fingerprint density at radius 1 is 0.500 bits per heavy atom. The molecule has 0 unspecified atom stereocenters. The van der Waals surface area contributed by atoms with Crippen LogP contribution in [0.5, 0.6) is 0 Å². The van der Waals surface area contributed by atoms with Gasteiger partial charge in [0.05, 0.1) is 34.2 Å². The molecule has 116 valence electrons. The molecule has 0 atom stereocenters. The minimum Gasteiger partial charge on any atom is -0.283 e. The number of halogens is 1. The number of nitrogens with zero attached hydrogens (tertiary/aromatic N) is 1. The third-order valence-electron chi connectivity index (χ3n) is 4.16. The highest BCUT2D eigenvalue weighted by molar-refractivity contribution is 14.1. The van der Waals surface area contributed by atoms with Gasteiger partial charge in [-0.1, -0.05) is 72.8 Å². The van der Waals surface area contributed by atoms with E-state index < -0.39 is 0 Å². The monoisotopic (exact) mass is 421 g/mol. The molecule has 0 radical (unpaired) electrons. The predicted octanol–water partition coefficient (Wildman–Crippen LogP) is 6.99. The lowest BCUT2D eigenvalue weighted by Gasteiger charge is -2.18. The Balaban J connectivity index is 1.64. The fourth-order valence-corrected chi connectivity index (χ4v) is 3.48. The number of hydrogen-bond donors (Lipinski definition) is 0. The van der Waals surface area contributed by atoms with Crippen LogP contribution in [0, 0.1) is 0 Å². The third kappa shape index (κ3) is 3.02. The minimum atomic E-state index is 1.17. The van der Waals surface area contributed by atoms with Crippen LogP contribution < -0.4 is 3.11 Å². The Bertz CT molecular complexity index is 962. The summed E-state index contributed by atoms with van der Waals surface area (Å²) in [6.45, 7) is 0. The molecule has 1 nitrogen and oxygen atoms in total. The fraction of sp³-hybridized carbons (Fsp3) is 0. The van der Waals surface area contributed by atoms with E-state index in [1.807, 2.05) is 6.07 Å². The van der Waals surface area contributed by atoms with Crippen LogP contribution in [0.25, 0.3) is 21.9 Å². The normalized spacial score (nSPS) is 10.7. The summed E-state index contributed by atoms with van der Waals surface area (Å²) in [7, 11) is 0. The number of anilines is 2. The molecule has 0 aliphatic heterocycles. The molecule has 0 aliphatic rings. The van der Waals surface area contributed by atoms with Crippen molar-refractivity contribution in [2.45, 2.75) is 0 Å². The van der Waals surface area contributed by atoms with Crippen molar-refractivity contribution in [1.82, 2.24) is 0 Å². The molecule has 4 aromatic carbocycles. The summed E-state index contributed by atoms with van der Waals surface area (Å²) in [6.07, 6.45) is 0.